The summed E-state index contributed by atoms with van der Waals surface area (Å²) in [5.74, 6) is 0.591. The minimum absolute atomic E-state index is 0.0167. The molecule has 4 nitrogen and oxygen atoms in total. The van der Waals surface area contributed by atoms with Gasteiger partial charge in [-0.2, -0.15) is 0 Å². The van der Waals surface area contributed by atoms with E-state index >= 15 is 0 Å². The number of benzene rings is 2. The summed E-state index contributed by atoms with van der Waals surface area (Å²) in [5.41, 5.74) is 1.55. The van der Waals surface area contributed by atoms with Crippen LogP contribution in [0.25, 0.3) is 0 Å². The van der Waals surface area contributed by atoms with E-state index in [1.807, 2.05) is 19.9 Å². The lowest BCUT2D eigenvalue weighted by Crippen LogP contribution is -2.31. The maximum atomic E-state index is 13.4. The second-order valence-corrected chi connectivity index (χ2v) is 8.66. The maximum Gasteiger partial charge on any atom is 0.241 e. The van der Waals surface area contributed by atoms with Crippen LogP contribution in [0.2, 0.25) is 5.02 Å². The standard InChI is InChI=1S/C21H21ClFNO3S2/c1-3-24-20(25)18(29-21(24)28)11-14-9-16(22)19(17(10-14)26-4-2)27-12-13-6-5-7-15(23)8-13/h5-10,18H,3-4,11-12H2,1-2H3/t18-/m1/s1. The smallest absolute Gasteiger partial charge is 0.241 e. The molecule has 8 heteroatoms. The Hall–Kier alpha value is -1.83. The van der Waals surface area contributed by atoms with E-state index in [0.717, 1.165) is 5.56 Å². The molecule has 0 radical (unpaired) electrons. The van der Waals surface area contributed by atoms with Crippen molar-refractivity contribution < 1.29 is 18.7 Å². The molecule has 29 heavy (non-hydrogen) atoms. The number of thioether (sulfide) groups is 1. The van der Waals surface area contributed by atoms with Crippen molar-refractivity contribution >= 4 is 45.8 Å². The Morgan fingerprint density at radius 2 is 2.00 bits per heavy atom. The third-order valence-electron chi connectivity index (χ3n) is 4.38. The average molecular weight is 454 g/mol. The number of carbonyl (C=O) groups is 1. The molecule has 1 amide bonds. The van der Waals surface area contributed by atoms with Crippen molar-refractivity contribution in [3.63, 3.8) is 0 Å². The van der Waals surface area contributed by atoms with Gasteiger partial charge in [-0.3, -0.25) is 9.69 Å². The van der Waals surface area contributed by atoms with Crippen LogP contribution in [0.4, 0.5) is 4.39 Å². The summed E-state index contributed by atoms with van der Waals surface area (Å²) in [6.45, 7) is 4.93. The van der Waals surface area contributed by atoms with Crippen LogP contribution < -0.4 is 9.47 Å². The van der Waals surface area contributed by atoms with E-state index in [4.69, 9.17) is 33.3 Å². The van der Waals surface area contributed by atoms with E-state index in [1.165, 1.54) is 23.9 Å². The molecule has 1 aliphatic rings. The first-order chi connectivity index (χ1) is 13.9. The molecule has 2 aromatic carbocycles. The van der Waals surface area contributed by atoms with E-state index in [2.05, 4.69) is 0 Å². The number of ether oxygens (including phenoxy) is 2. The number of amides is 1. The summed E-state index contributed by atoms with van der Waals surface area (Å²) < 4.78 is 25.5. The van der Waals surface area contributed by atoms with Crippen molar-refractivity contribution in [1.29, 1.82) is 0 Å². The first-order valence-corrected chi connectivity index (χ1v) is 10.9. The van der Waals surface area contributed by atoms with E-state index < -0.39 is 0 Å². The van der Waals surface area contributed by atoms with Crippen molar-refractivity contribution in [3.05, 3.63) is 58.4 Å². The van der Waals surface area contributed by atoms with Gasteiger partial charge in [0.25, 0.3) is 0 Å². The Bertz CT molecular complexity index is 925. The van der Waals surface area contributed by atoms with Crippen molar-refractivity contribution in [2.75, 3.05) is 13.2 Å². The van der Waals surface area contributed by atoms with Crippen LogP contribution in [-0.4, -0.2) is 33.5 Å². The molecule has 0 aliphatic carbocycles. The highest BCUT2D eigenvalue weighted by atomic mass is 35.5. The number of halogens is 2. The molecule has 2 aromatic rings. The highest BCUT2D eigenvalue weighted by molar-refractivity contribution is 8.24. The summed E-state index contributed by atoms with van der Waals surface area (Å²) in [4.78, 5) is 14.1. The number of thiocarbonyl (C=S) groups is 1. The van der Waals surface area contributed by atoms with Crippen LogP contribution in [0, 0.1) is 5.82 Å². The predicted molar refractivity (Wildman–Crippen MR) is 118 cm³/mol. The van der Waals surface area contributed by atoms with Gasteiger partial charge in [-0.05, 0) is 55.7 Å². The number of hydrogen-bond donors (Lipinski definition) is 0. The fraction of sp³-hybridized carbons (Fsp3) is 0.333. The third kappa shape index (κ3) is 5.21. The second-order valence-electron chi connectivity index (χ2n) is 6.42. The molecule has 154 valence electrons. The van der Waals surface area contributed by atoms with Crippen LogP contribution >= 0.6 is 35.6 Å². The first kappa shape index (κ1) is 21.9. The molecule has 0 bridgehead atoms. The van der Waals surface area contributed by atoms with Gasteiger partial charge in [0.1, 0.15) is 16.7 Å². The van der Waals surface area contributed by atoms with Gasteiger partial charge in [-0.15, -0.1) is 0 Å². The van der Waals surface area contributed by atoms with E-state index in [1.54, 1.807) is 23.1 Å². The summed E-state index contributed by atoms with van der Waals surface area (Å²) in [6, 6.07) is 9.80. The summed E-state index contributed by atoms with van der Waals surface area (Å²) in [5, 5.41) is 0.111. The largest absolute Gasteiger partial charge is 0.490 e. The molecule has 0 spiro atoms. The lowest BCUT2D eigenvalue weighted by molar-refractivity contribution is -0.125. The fourth-order valence-corrected chi connectivity index (χ4v) is 5.00. The number of hydrogen-bond acceptors (Lipinski definition) is 5. The number of nitrogens with zero attached hydrogens (tertiary/aromatic N) is 1. The Labute approximate surface area is 184 Å². The van der Waals surface area contributed by atoms with Crippen molar-refractivity contribution in [2.45, 2.75) is 32.1 Å². The molecule has 1 heterocycles. The molecule has 0 aromatic heterocycles. The SMILES string of the molecule is CCOc1cc(C[C@H]2SC(=S)N(CC)C2=O)cc(Cl)c1OCc1cccc(F)c1. The fourth-order valence-electron chi connectivity index (χ4n) is 3.05. The number of rotatable bonds is 8. The van der Waals surface area contributed by atoms with Gasteiger partial charge in [-0.1, -0.05) is 47.7 Å². The lowest BCUT2D eigenvalue weighted by atomic mass is 10.1. The van der Waals surface area contributed by atoms with Gasteiger partial charge < -0.3 is 9.47 Å². The van der Waals surface area contributed by atoms with E-state index in [-0.39, 0.29) is 23.6 Å². The lowest BCUT2D eigenvalue weighted by Gasteiger charge is -2.16. The summed E-state index contributed by atoms with van der Waals surface area (Å²) >= 11 is 13.1. The average Bonchev–Trinajstić information content (AvgIpc) is 2.94. The Morgan fingerprint density at radius 1 is 1.21 bits per heavy atom. The van der Waals surface area contributed by atoms with Gasteiger partial charge >= 0.3 is 0 Å². The Morgan fingerprint density at radius 3 is 2.66 bits per heavy atom. The van der Waals surface area contributed by atoms with Crippen LogP contribution in [0.1, 0.15) is 25.0 Å². The Kier molecular flexibility index (Phi) is 7.38. The molecule has 0 unspecified atom stereocenters. The van der Waals surface area contributed by atoms with Gasteiger partial charge in [0.05, 0.1) is 16.9 Å². The zero-order chi connectivity index (χ0) is 21.0. The zero-order valence-corrected chi connectivity index (χ0v) is 18.5. The molecule has 1 saturated heterocycles. The second kappa shape index (κ2) is 9.78. The summed E-state index contributed by atoms with van der Waals surface area (Å²) in [6.07, 6.45) is 0.490. The highest BCUT2D eigenvalue weighted by Gasteiger charge is 2.36. The molecular formula is C21H21ClFNO3S2. The highest BCUT2D eigenvalue weighted by Crippen LogP contribution is 2.39. The maximum absolute atomic E-state index is 13.4. The van der Waals surface area contributed by atoms with Gasteiger partial charge in [0, 0.05) is 6.54 Å². The normalized spacial score (nSPS) is 16.4. The quantitative estimate of drug-likeness (QED) is 0.510. The monoisotopic (exact) mass is 453 g/mol. The van der Waals surface area contributed by atoms with E-state index in [0.29, 0.717) is 46.0 Å². The molecule has 1 aliphatic heterocycles. The van der Waals surface area contributed by atoms with Crippen LogP contribution in [0.5, 0.6) is 11.5 Å². The minimum atomic E-state index is -0.324. The van der Waals surface area contributed by atoms with Gasteiger partial charge in [0.2, 0.25) is 5.91 Å². The third-order valence-corrected chi connectivity index (χ3v) is 6.25. The van der Waals surface area contributed by atoms with E-state index in [9.17, 15) is 9.18 Å². The van der Waals surface area contributed by atoms with Crippen LogP contribution in [-0.2, 0) is 17.8 Å². The molecular weight excluding hydrogens is 433 g/mol. The van der Waals surface area contributed by atoms with Crippen molar-refractivity contribution in [2.24, 2.45) is 0 Å². The van der Waals surface area contributed by atoms with Crippen molar-refractivity contribution in [3.8, 4) is 11.5 Å². The first-order valence-electron chi connectivity index (χ1n) is 9.27. The van der Waals surface area contributed by atoms with Crippen molar-refractivity contribution in [1.82, 2.24) is 4.90 Å². The topological polar surface area (TPSA) is 38.8 Å². The Balaban J connectivity index is 1.79. The molecule has 1 fully saturated rings. The molecule has 3 rings (SSSR count). The van der Waals surface area contributed by atoms with Crippen LogP contribution in [0.3, 0.4) is 0 Å². The zero-order valence-electron chi connectivity index (χ0n) is 16.1. The minimum Gasteiger partial charge on any atom is -0.490 e. The van der Waals surface area contributed by atoms with Crippen LogP contribution in [0.15, 0.2) is 36.4 Å². The molecule has 0 saturated carbocycles. The summed E-state index contributed by atoms with van der Waals surface area (Å²) in [7, 11) is 0. The van der Waals surface area contributed by atoms with Gasteiger partial charge in [-0.25, -0.2) is 4.39 Å². The molecule has 0 N–H and O–H groups in total. The molecule has 1 atom stereocenters. The number of carbonyl (C=O) groups excluding carboxylic acids is 1. The predicted octanol–water partition coefficient (Wildman–Crippen LogP) is 5.25. The van der Waals surface area contributed by atoms with Gasteiger partial charge in [0.15, 0.2) is 11.5 Å².